The topological polar surface area (TPSA) is 84.4 Å². The van der Waals surface area contributed by atoms with Gasteiger partial charge in [-0.1, -0.05) is 0 Å². The Morgan fingerprint density at radius 2 is 1.56 bits per heavy atom. The lowest BCUT2D eigenvalue weighted by atomic mass is 9.53. The molecular weight excluding hydrogens is 204 g/mol. The van der Waals surface area contributed by atoms with E-state index in [0.717, 1.165) is 37.0 Å². The van der Waals surface area contributed by atoms with Gasteiger partial charge < -0.3 is 0 Å². The van der Waals surface area contributed by atoms with Crippen LogP contribution in [0.2, 0.25) is 0 Å². The zero-order valence-corrected chi connectivity index (χ0v) is 9.48. The molecule has 4 saturated carbocycles. The van der Waals surface area contributed by atoms with Crippen molar-refractivity contribution < 1.29 is 4.79 Å². The Kier molecular flexibility index (Phi) is 2.16. The van der Waals surface area contributed by atoms with Crippen LogP contribution >= 0.6 is 0 Å². The van der Waals surface area contributed by atoms with Crippen LogP contribution in [0.3, 0.4) is 0 Å². The first-order valence-electron chi connectivity index (χ1n) is 6.18. The number of amides is 2. The number of nitrogens with zero attached hydrogens (tertiary/aromatic N) is 1. The highest BCUT2D eigenvalue weighted by molar-refractivity contribution is 5.73. The minimum Gasteiger partial charge on any atom is -0.275 e. The number of nitrogens with one attached hydrogen (secondary N) is 1. The number of urea groups is 1. The Morgan fingerprint density at radius 3 is 1.94 bits per heavy atom. The van der Waals surface area contributed by atoms with Gasteiger partial charge >= 0.3 is 6.03 Å². The van der Waals surface area contributed by atoms with Gasteiger partial charge in [-0.2, -0.15) is 0 Å². The Bertz CT molecular complexity index is 282. The minimum atomic E-state index is -0.345. The Labute approximate surface area is 95.5 Å². The van der Waals surface area contributed by atoms with E-state index in [1.807, 2.05) is 0 Å². The molecular formula is C11H20N4O. The van der Waals surface area contributed by atoms with Crippen LogP contribution in [0.1, 0.15) is 38.5 Å². The second kappa shape index (κ2) is 3.34. The highest BCUT2D eigenvalue weighted by Gasteiger charge is 2.54. The average Bonchev–Trinajstić information content (AvgIpc) is 2.25. The number of rotatable bonds is 1. The lowest BCUT2D eigenvalue weighted by Gasteiger charge is -2.58. The molecule has 0 spiro atoms. The molecule has 2 amide bonds. The molecule has 5 nitrogen and oxygen atoms in total. The van der Waals surface area contributed by atoms with Crippen LogP contribution in [0.4, 0.5) is 4.79 Å². The van der Waals surface area contributed by atoms with Crippen LogP contribution in [0.25, 0.3) is 0 Å². The van der Waals surface area contributed by atoms with Gasteiger partial charge in [-0.15, -0.1) is 0 Å². The Hall–Kier alpha value is -0.810. The normalized spacial score (nSPS) is 44.5. The number of carbonyl (C=O) groups excluding carboxylic acids is 1. The van der Waals surface area contributed by atoms with Gasteiger partial charge in [-0.25, -0.2) is 16.5 Å². The lowest BCUT2D eigenvalue weighted by Crippen LogP contribution is -2.66. The van der Waals surface area contributed by atoms with E-state index in [0.29, 0.717) is 0 Å². The van der Waals surface area contributed by atoms with Crippen molar-refractivity contribution in [1.82, 2.24) is 10.4 Å². The number of hydrogen-bond donors (Lipinski definition) is 3. The first kappa shape index (κ1) is 10.4. The Morgan fingerprint density at radius 1 is 1.12 bits per heavy atom. The van der Waals surface area contributed by atoms with Crippen LogP contribution in [0.5, 0.6) is 0 Å². The van der Waals surface area contributed by atoms with Crippen molar-refractivity contribution in [2.75, 3.05) is 0 Å². The molecule has 0 unspecified atom stereocenters. The van der Waals surface area contributed by atoms with E-state index >= 15 is 0 Å². The van der Waals surface area contributed by atoms with Crippen molar-refractivity contribution in [1.29, 1.82) is 0 Å². The van der Waals surface area contributed by atoms with E-state index in [-0.39, 0.29) is 11.6 Å². The summed E-state index contributed by atoms with van der Waals surface area (Å²) < 4.78 is 0. The highest BCUT2D eigenvalue weighted by atomic mass is 16.2. The zero-order chi connectivity index (χ0) is 11.3. The van der Waals surface area contributed by atoms with E-state index in [4.69, 9.17) is 11.7 Å². The molecule has 0 aromatic rings. The largest absolute Gasteiger partial charge is 0.346 e. The molecule has 0 aromatic carbocycles. The van der Waals surface area contributed by atoms with Gasteiger partial charge in [0.15, 0.2) is 0 Å². The first-order chi connectivity index (χ1) is 7.63. The molecule has 5 heteroatoms. The molecule has 0 radical (unpaired) electrons. The van der Waals surface area contributed by atoms with E-state index < -0.39 is 0 Å². The fraction of sp³-hybridized carbons (Fsp3) is 0.909. The SMILES string of the molecule is NNC(=O)N(N)C12CC3CC(CC(C3)C1)C2. The zero-order valence-electron chi connectivity index (χ0n) is 9.48. The predicted molar refractivity (Wildman–Crippen MR) is 59.6 cm³/mol. The van der Waals surface area contributed by atoms with Crippen LogP contribution in [0, 0.1) is 17.8 Å². The molecule has 0 aliphatic heterocycles. The molecule has 4 aliphatic rings. The maximum atomic E-state index is 11.6. The van der Waals surface area contributed by atoms with Crippen molar-refractivity contribution in [2.45, 2.75) is 44.1 Å². The third-order valence-corrected chi connectivity index (χ3v) is 4.86. The maximum absolute atomic E-state index is 11.6. The summed E-state index contributed by atoms with van der Waals surface area (Å²) in [6.07, 6.45) is 7.25. The van der Waals surface area contributed by atoms with Gasteiger partial charge in [0.2, 0.25) is 0 Å². The summed E-state index contributed by atoms with van der Waals surface area (Å²) in [6, 6.07) is -0.345. The summed E-state index contributed by atoms with van der Waals surface area (Å²) in [6.45, 7) is 0. The number of hydrogen-bond acceptors (Lipinski definition) is 3. The standard InChI is InChI=1S/C11H20N4O/c12-14-10(16)15(13)11-4-7-1-8(5-11)3-9(2-7)6-11/h7-9H,1-6,12-13H2,(H,14,16). The number of carbonyl (C=O) groups is 1. The third kappa shape index (κ3) is 1.34. The van der Waals surface area contributed by atoms with Gasteiger partial charge in [0, 0.05) is 0 Å². The molecule has 0 atom stereocenters. The molecule has 4 fully saturated rings. The molecule has 0 saturated heterocycles. The molecule has 4 rings (SSSR count). The predicted octanol–water partition coefficient (Wildman–Crippen LogP) is 0.714. The van der Waals surface area contributed by atoms with Crippen LogP contribution < -0.4 is 17.1 Å². The fourth-order valence-electron chi connectivity index (χ4n) is 4.64. The van der Waals surface area contributed by atoms with Crippen molar-refractivity contribution in [2.24, 2.45) is 29.4 Å². The van der Waals surface area contributed by atoms with Crippen molar-refractivity contribution in [3.63, 3.8) is 0 Å². The van der Waals surface area contributed by atoms with Gasteiger partial charge in [0.05, 0.1) is 5.54 Å². The lowest BCUT2D eigenvalue weighted by molar-refractivity contribution is -0.0710. The smallest absolute Gasteiger partial charge is 0.275 e. The van der Waals surface area contributed by atoms with Crippen molar-refractivity contribution >= 4 is 6.03 Å². The molecule has 0 heterocycles. The van der Waals surface area contributed by atoms with Crippen molar-refractivity contribution in [3.8, 4) is 0 Å². The summed E-state index contributed by atoms with van der Waals surface area (Å²) in [5.41, 5.74) is 2.05. The van der Waals surface area contributed by atoms with Gasteiger partial charge in [-0.05, 0) is 56.3 Å². The van der Waals surface area contributed by atoms with E-state index in [2.05, 4.69) is 5.43 Å². The van der Waals surface area contributed by atoms with E-state index in [1.165, 1.54) is 24.3 Å². The molecule has 4 aliphatic carbocycles. The second-order valence-electron chi connectivity index (χ2n) is 5.96. The highest BCUT2D eigenvalue weighted by Crippen LogP contribution is 2.57. The molecule has 90 valence electrons. The first-order valence-corrected chi connectivity index (χ1v) is 6.18. The summed E-state index contributed by atoms with van der Waals surface area (Å²) in [5.74, 6) is 13.5. The second-order valence-corrected chi connectivity index (χ2v) is 5.96. The van der Waals surface area contributed by atoms with Crippen molar-refractivity contribution in [3.05, 3.63) is 0 Å². The van der Waals surface area contributed by atoms with Crippen LogP contribution in [-0.2, 0) is 0 Å². The van der Waals surface area contributed by atoms with Gasteiger partial charge in [-0.3, -0.25) is 10.4 Å². The van der Waals surface area contributed by atoms with Gasteiger partial charge in [0.25, 0.3) is 0 Å². The monoisotopic (exact) mass is 224 g/mol. The third-order valence-electron chi connectivity index (χ3n) is 4.86. The van der Waals surface area contributed by atoms with Crippen LogP contribution in [0.15, 0.2) is 0 Å². The summed E-state index contributed by atoms with van der Waals surface area (Å²) in [5, 5.41) is 1.39. The average molecular weight is 224 g/mol. The van der Waals surface area contributed by atoms with Crippen LogP contribution in [-0.4, -0.2) is 16.6 Å². The molecule has 5 N–H and O–H groups in total. The summed E-state index contributed by atoms with van der Waals surface area (Å²) >= 11 is 0. The quantitative estimate of drug-likeness (QED) is 0.348. The van der Waals surface area contributed by atoms with E-state index in [1.54, 1.807) is 0 Å². The summed E-state index contributed by atoms with van der Waals surface area (Å²) in [4.78, 5) is 11.6. The van der Waals surface area contributed by atoms with Gasteiger partial charge in [0.1, 0.15) is 0 Å². The molecule has 0 aromatic heterocycles. The maximum Gasteiger partial charge on any atom is 0.346 e. The molecule has 4 bridgehead atoms. The van der Waals surface area contributed by atoms with E-state index in [9.17, 15) is 4.79 Å². The molecule has 16 heavy (non-hydrogen) atoms. The summed E-state index contributed by atoms with van der Waals surface area (Å²) in [7, 11) is 0. The number of nitrogens with two attached hydrogens (primary N) is 2. The Balaban J connectivity index is 1.85. The number of hydrazine groups is 2. The minimum absolute atomic E-state index is 0.0990. The fourth-order valence-corrected chi connectivity index (χ4v) is 4.64.